The number of carbonyl (C=O) groups is 2. The first-order valence-electron chi connectivity index (χ1n) is 7.71. The van der Waals surface area contributed by atoms with E-state index in [9.17, 15) is 9.59 Å². The van der Waals surface area contributed by atoms with Crippen LogP contribution in [0, 0.1) is 0 Å². The molecule has 0 bridgehead atoms. The molecule has 0 rings (SSSR count). The van der Waals surface area contributed by atoms with Crippen molar-refractivity contribution < 1.29 is 9.59 Å². The van der Waals surface area contributed by atoms with E-state index in [0.29, 0.717) is 18.6 Å². The van der Waals surface area contributed by atoms with Gasteiger partial charge in [0.1, 0.15) is 5.78 Å². The van der Waals surface area contributed by atoms with Crippen LogP contribution in [0.3, 0.4) is 0 Å². The highest BCUT2D eigenvalue weighted by molar-refractivity contribution is 5.77. The summed E-state index contributed by atoms with van der Waals surface area (Å²) in [4.78, 5) is 23.3. The summed E-state index contributed by atoms with van der Waals surface area (Å²) in [6, 6.07) is 0. The Labute approximate surface area is 119 Å². The number of Topliss-reactive ketones (excluding diaryl/α,β-unsaturated/α-hetero) is 1. The van der Waals surface area contributed by atoms with E-state index in [1.54, 1.807) is 19.0 Å². The van der Waals surface area contributed by atoms with Gasteiger partial charge in [0.05, 0.1) is 0 Å². The summed E-state index contributed by atoms with van der Waals surface area (Å²) >= 11 is 0. The lowest BCUT2D eigenvalue weighted by atomic mass is 10.1. The number of ketones is 1. The van der Waals surface area contributed by atoms with Crippen LogP contribution in [-0.2, 0) is 9.59 Å². The number of rotatable bonds is 9. The third-order valence-electron chi connectivity index (χ3n) is 2.95. The fraction of sp³-hybridized carbons (Fsp3) is 0.875. The molecule has 0 aliphatic rings. The molecule has 1 amide bonds. The standard InChI is InChI=1S/C8H17NO.C8H16O/c1-4-5-6-7-8(10)9(2)3;1-3-5-6-7-8(9)4-2/h4-7H2,1-3H3;3-7H2,1-2H3. The van der Waals surface area contributed by atoms with Gasteiger partial charge in [-0.15, -0.1) is 0 Å². The van der Waals surface area contributed by atoms with Crippen molar-refractivity contribution in [2.75, 3.05) is 14.1 Å². The average Bonchev–Trinajstić information content (AvgIpc) is 2.39. The van der Waals surface area contributed by atoms with Crippen molar-refractivity contribution >= 4 is 11.7 Å². The van der Waals surface area contributed by atoms with Gasteiger partial charge in [-0.1, -0.05) is 46.5 Å². The Bertz CT molecular complexity index is 225. The molecule has 3 heteroatoms. The highest BCUT2D eigenvalue weighted by Crippen LogP contribution is 2.01. The summed E-state index contributed by atoms with van der Waals surface area (Å²) in [6.07, 6.45) is 9.09. The molecule has 0 aliphatic heterocycles. The number of carbonyl (C=O) groups excluding carboxylic acids is 2. The molecule has 0 aromatic carbocycles. The van der Waals surface area contributed by atoms with Crippen molar-refractivity contribution in [1.29, 1.82) is 0 Å². The lowest BCUT2D eigenvalue weighted by molar-refractivity contribution is -0.128. The first-order valence-corrected chi connectivity index (χ1v) is 7.71. The van der Waals surface area contributed by atoms with E-state index in [1.165, 1.54) is 25.7 Å². The van der Waals surface area contributed by atoms with Crippen LogP contribution in [0.25, 0.3) is 0 Å². The normalized spacial score (nSPS) is 9.53. The molecule has 0 aliphatic carbocycles. The molecule has 0 saturated heterocycles. The third kappa shape index (κ3) is 17.1. The molecule has 0 unspecified atom stereocenters. The summed E-state index contributed by atoms with van der Waals surface area (Å²) in [5, 5.41) is 0. The van der Waals surface area contributed by atoms with E-state index < -0.39 is 0 Å². The monoisotopic (exact) mass is 271 g/mol. The van der Waals surface area contributed by atoms with E-state index in [2.05, 4.69) is 13.8 Å². The van der Waals surface area contributed by atoms with Gasteiger partial charge in [-0.2, -0.15) is 0 Å². The second kappa shape index (κ2) is 15.2. The molecule has 0 atom stereocenters. The smallest absolute Gasteiger partial charge is 0.222 e. The van der Waals surface area contributed by atoms with Gasteiger partial charge in [-0.05, 0) is 12.8 Å². The summed E-state index contributed by atoms with van der Waals surface area (Å²) < 4.78 is 0. The number of hydrogen-bond acceptors (Lipinski definition) is 2. The van der Waals surface area contributed by atoms with Crippen LogP contribution in [0.1, 0.15) is 78.6 Å². The predicted molar refractivity (Wildman–Crippen MR) is 82.3 cm³/mol. The Morgan fingerprint density at radius 1 is 0.789 bits per heavy atom. The molecular formula is C16H33NO2. The van der Waals surface area contributed by atoms with Crippen molar-refractivity contribution in [1.82, 2.24) is 4.90 Å². The van der Waals surface area contributed by atoms with E-state index in [4.69, 9.17) is 0 Å². The van der Waals surface area contributed by atoms with Gasteiger partial charge in [0.2, 0.25) is 5.91 Å². The first-order chi connectivity index (χ1) is 8.99. The van der Waals surface area contributed by atoms with Crippen LogP contribution in [0.4, 0.5) is 0 Å². The van der Waals surface area contributed by atoms with Gasteiger partial charge < -0.3 is 4.90 Å². The van der Waals surface area contributed by atoms with Crippen molar-refractivity contribution in [2.45, 2.75) is 78.6 Å². The molecule has 0 aromatic heterocycles. The van der Waals surface area contributed by atoms with Crippen molar-refractivity contribution in [3.05, 3.63) is 0 Å². The Kier molecular flexibility index (Phi) is 16.4. The lowest BCUT2D eigenvalue weighted by Crippen LogP contribution is -2.20. The Morgan fingerprint density at radius 2 is 1.26 bits per heavy atom. The molecule has 0 heterocycles. The average molecular weight is 271 g/mol. The maximum Gasteiger partial charge on any atom is 0.222 e. The van der Waals surface area contributed by atoms with Crippen LogP contribution in [0.5, 0.6) is 0 Å². The van der Waals surface area contributed by atoms with Crippen LogP contribution in [0.15, 0.2) is 0 Å². The molecule has 0 saturated carbocycles. The van der Waals surface area contributed by atoms with Gasteiger partial charge in [-0.3, -0.25) is 9.59 Å². The largest absolute Gasteiger partial charge is 0.349 e. The Morgan fingerprint density at radius 3 is 1.63 bits per heavy atom. The SMILES string of the molecule is CCCCCC(=O)CC.CCCCCC(=O)N(C)C. The maximum absolute atomic E-state index is 10.9. The molecule has 0 fully saturated rings. The Hall–Kier alpha value is -0.860. The number of hydrogen-bond donors (Lipinski definition) is 0. The fourth-order valence-electron chi connectivity index (χ4n) is 1.50. The molecular weight excluding hydrogens is 238 g/mol. The minimum absolute atomic E-state index is 0.244. The highest BCUT2D eigenvalue weighted by Gasteiger charge is 2.01. The van der Waals surface area contributed by atoms with Gasteiger partial charge in [0, 0.05) is 33.4 Å². The second-order valence-electron chi connectivity index (χ2n) is 5.09. The van der Waals surface area contributed by atoms with E-state index >= 15 is 0 Å². The number of amides is 1. The molecule has 3 nitrogen and oxygen atoms in total. The summed E-state index contributed by atoms with van der Waals surface area (Å²) in [5.41, 5.74) is 0. The van der Waals surface area contributed by atoms with Gasteiger partial charge in [0.15, 0.2) is 0 Å². The molecule has 0 spiro atoms. The summed E-state index contributed by atoms with van der Waals surface area (Å²) in [6.45, 7) is 6.21. The Balaban J connectivity index is 0. The molecule has 0 N–H and O–H groups in total. The minimum atomic E-state index is 0.244. The number of unbranched alkanes of at least 4 members (excludes halogenated alkanes) is 4. The quantitative estimate of drug-likeness (QED) is 0.589. The topological polar surface area (TPSA) is 37.4 Å². The zero-order chi connectivity index (χ0) is 15.1. The summed E-state index contributed by atoms with van der Waals surface area (Å²) in [5.74, 6) is 0.650. The molecule has 0 aromatic rings. The first kappa shape index (κ1) is 20.5. The number of nitrogens with zero attached hydrogens (tertiary/aromatic N) is 1. The van der Waals surface area contributed by atoms with Crippen molar-refractivity contribution in [2.24, 2.45) is 0 Å². The van der Waals surface area contributed by atoms with Gasteiger partial charge in [0.25, 0.3) is 0 Å². The maximum atomic E-state index is 10.9. The minimum Gasteiger partial charge on any atom is -0.349 e. The van der Waals surface area contributed by atoms with Crippen molar-refractivity contribution in [3.8, 4) is 0 Å². The van der Waals surface area contributed by atoms with Crippen LogP contribution >= 0.6 is 0 Å². The predicted octanol–water partition coefficient (Wildman–Crippen LogP) is 4.20. The molecule has 114 valence electrons. The van der Waals surface area contributed by atoms with E-state index in [0.717, 1.165) is 19.3 Å². The van der Waals surface area contributed by atoms with Crippen LogP contribution in [-0.4, -0.2) is 30.7 Å². The zero-order valence-corrected chi connectivity index (χ0v) is 13.6. The molecule has 0 radical (unpaired) electrons. The highest BCUT2D eigenvalue weighted by atomic mass is 16.2. The van der Waals surface area contributed by atoms with Crippen LogP contribution in [0.2, 0.25) is 0 Å². The second-order valence-corrected chi connectivity index (χ2v) is 5.09. The van der Waals surface area contributed by atoms with Crippen LogP contribution < -0.4 is 0 Å². The van der Waals surface area contributed by atoms with E-state index in [-0.39, 0.29) is 5.91 Å². The molecule has 19 heavy (non-hydrogen) atoms. The van der Waals surface area contributed by atoms with Crippen molar-refractivity contribution in [3.63, 3.8) is 0 Å². The lowest BCUT2D eigenvalue weighted by Gasteiger charge is -2.08. The third-order valence-corrected chi connectivity index (χ3v) is 2.95. The van der Waals surface area contributed by atoms with Gasteiger partial charge in [-0.25, -0.2) is 0 Å². The summed E-state index contributed by atoms with van der Waals surface area (Å²) in [7, 11) is 3.60. The van der Waals surface area contributed by atoms with E-state index in [1.807, 2.05) is 6.92 Å². The van der Waals surface area contributed by atoms with Gasteiger partial charge >= 0.3 is 0 Å². The zero-order valence-electron chi connectivity index (χ0n) is 13.6. The fourth-order valence-corrected chi connectivity index (χ4v) is 1.50.